The van der Waals surface area contributed by atoms with Crippen molar-refractivity contribution in [3.63, 3.8) is 0 Å². The van der Waals surface area contributed by atoms with Gasteiger partial charge in [-0.2, -0.15) is 5.10 Å². The van der Waals surface area contributed by atoms with Gasteiger partial charge in [0.2, 0.25) is 0 Å². The molecule has 0 unspecified atom stereocenters. The first-order valence-electron chi connectivity index (χ1n) is 5.68. The van der Waals surface area contributed by atoms with Gasteiger partial charge in [-0.25, -0.2) is 0 Å². The van der Waals surface area contributed by atoms with E-state index in [2.05, 4.69) is 26.3 Å². The zero-order valence-corrected chi connectivity index (χ0v) is 11.8. The first-order chi connectivity index (χ1) is 8.58. The number of nitrogens with zero attached hydrogens (tertiary/aromatic N) is 2. The Labute approximate surface area is 114 Å². The summed E-state index contributed by atoms with van der Waals surface area (Å²) in [6.07, 6.45) is 3.47. The van der Waals surface area contributed by atoms with Crippen molar-refractivity contribution in [2.75, 3.05) is 5.32 Å². The number of amides is 1. The summed E-state index contributed by atoms with van der Waals surface area (Å²) in [5.41, 5.74) is 1.30. The van der Waals surface area contributed by atoms with Crippen LogP contribution in [0.5, 0.6) is 0 Å². The zero-order valence-electron chi connectivity index (χ0n) is 10.2. The predicted molar refractivity (Wildman–Crippen MR) is 74.7 cm³/mol. The minimum atomic E-state index is -0.147. The van der Waals surface area contributed by atoms with Crippen LogP contribution < -0.4 is 5.32 Å². The number of benzene rings is 1. The molecule has 0 aliphatic carbocycles. The van der Waals surface area contributed by atoms with Gasteiger partial charge in [-0.1, -0.05) is 12.1 Å². The number of halogens is 1. The molecule has 18 heavy (non-hydrogen) atoms. The van der Waals surface area contributed by atoms with Crippen molar-refractivity contribution in [2.24, 2.45) is 0 Å². The van der Waals surface area contributed by atoms with Crippen molar-refractivity contribution in [3.05, 3.63) is 46.7 Å². The monoisotopic (exact) mass is 307 g/mol. The molecule has 0 saturated carbocycles. The van der Waals surface area contributed by atoms with Gasteiger partial charge in [-0.15, -0.1) is 0 Å². The number of anilines is 1. The third-order valence-corrected chi connectivity index (χ3v) is 3.20. The fraction of sp³-hybridized carbons (Fsp3) is 0.231. The number of carbonyl (C=O) groups excluding carboxylic acids is 1. The Morgan fingerprint density at radius 2 is 2.11 bits per heavy atom. The average Bonchev–Trinajstić information content (AvgIpc) is 2.78. The molecule has 94 valence electrons. The molecule has 0 spiro atoms. The summed E-state index contributed by atoms with van der Waals surface area (Å²) in [5.74, 6) is -0.147. The summed E-state index contributed by atoms with van der Waals surface area (Å²) < 4.78 is 2.58. The van der Waals surface area contributed by atoms with E-state index in [1.165, 1.54) is 0 Å². The van der Waals surface area contributed by atoms with Crippen molar-refractivity contribution < 1.29 is 4.79 Å². The molecular weight excluding hydrogens is 294 g/mol. The minimum Gasteiger partial charge on any atom is -0.319 e. The highest BCUT2D eigenvalue weighted by Gasteiger charge is 2.10. The van der Waals surface area contributed by atoms with E-state index in [9.17, 15) is 4.79 Å². The molecular formula is C13H14BrN3O. The van der Waals surface area contributed by atoms with Crippen LogP contribution >= 0.6 is 15.9 Å². The number of rotatable bonds is 3. The Morgan fingerprint density at radius 1 is 1.39 bits per heavy atom. The normalized spacial score (nSPS) is 10.7. The van der Waals surface area contributed by atoms with Crippen molar-refractivity contribution >= 4 is 27.5 Å². The van der Waals surface area contributed by atoms with Crippen LogP contribution in [0.25, 0.3) is 0 Å². The molecule has 1 N–H and O–H groups in total. The lowest BCUT2D eigenvalue weighted by molar-refractivity contribution is 0.102. The maximum Gasteiger partial charge on any atom is 0.256 e. The minimum absolute atomic E-state index is 0.147. The number of carbonyl (C=O) groups is 1. The van der Waals surface area contributed by atoms with Gasteiger partial charge < -0.3 is 5.32 Å². The van der Waals surface area contributed by atoms with E-state index in [0.29, 0.717) is 11.3 Å². The molecule has 1 aromatic heterocycles. The van der Waals surface area contributed by atoms with Gasteiger partial charge in [0.1, 0.15) is 0 Å². The molecule has 0 radical (unpaired) electrons. The van der Waals surface area contributed by atoms with E-state index in [-0.39, 0.29) is 11.9 Å². The second-order valence-electron chi connectivity index (χ2n) is 4.24. The van der Waals surface area contributed by atoms with Gasteiger partial charge in [0, 0.05) is 16.7 Å². The summed E-state index contributed by atoms with van der Waals surface area (Å²) in [7, 11) is 0. The van der Waals surface area contributed by atoms with E-state index in [1.54, 1.807) is 16.9 Å². The van der Waals surface area contributed by atoms with Gasteiger partial charge in [0.25, 0.3) is 5.91 Å². The van der Waals surface area contributed by atoms with Crippen molar-refractivity contribution in [1.82, 2.24) is 9.78 Å². The molecule has 2 rings (SSSR count). The third kappa shape index (κ3) is 2.79. The lowest BCUT2D eigenvalue weighted by Crippen LogP contribution is -2.12. The van der Waals surface area contributed by atoms with Crippen molar-refractivity contribution in [1.29, 1.82) is 0 Å². The van der Waals surface area contributed by atoms with Gasteiger partial charge in [0.05, 0.1) is 17.4 Å². The standard InChI is InChI=1S/C13H14BrN3O/c1-9(2)17-8-10(7-15-17)16-13(18)11-5-3-4-6-12(11)14/h3-9H,1-2H3,(H,16,18). The fourth-order valence-electron chi connectivity index (χ4n) is 1.53. The highest BCUT2D eigenvalue weighted by Crippen LogP contribution is 2.18. The summed E-state index contributed by atoms with van der Waals surface area (Å²) in [4.78, 5) is 12.0. The third-order valence-electron chi connectivity index (χ3n) is 2.51. The number of aromatic nitrogens is 2. The van der Waals surface area contributed by atoms with Crippen LogP contribution in [0.1, 0.15) is 30.2 Å². The van der Waals surface area contributed by atoms with Gasteiger partial charge in [0.15, 0.2) is 0 Å². The average molecular weight is 308 g/mol. The molecule has 2 aromatic rings. The number of hydrogen-bond donors (Lipinski definition) is 1. The Bertz CT molecular complexity index is 563. The van der Waals surface area contributed by atoms with Crippen molar-refractivity contribution in [3.8, 4) is 0 Å². The SMILES string of the molecule is CC(C)n1cc(NC(=O)c2ccccc2Br)cn1. The maximum absolute atomic E-state index is 12.0. The van der Waals surface area contributed by atoms with Crippen molar-refractivity contribution in [2.45, 2.75) is 19.9 Å². The van der Waals surface area contributed by atoms with Crippen LogP contribution in [0.3, 0.4) is 0 Å². The first kappa shape index (κ1) is 12.8. The molecule has 0 atom stereocenters. The van der Waals surface area contributed by atoms with Crippen LogP contribution in [-0.2, 0) is 0 Å². The molecule has 0 fully saturated rings. The summed E-state index contributed by atoms with van der Waals surface area (Å²) in [6.45, 7) is 4.07. The lowest BCUT2D eigenvalue weighted by atomic mass is 10.2. The quantitative estimate of drug-likeness (QED) is 0.943. The second kappa shape index (κ2) is 5.35. The molecule has 1 amide bonds. The second-order valence-corrected chi connectivity index (χ2v) is 5.09. The molecule has 1 heterocycles. The summed E-state index contributed by atoms with van der Waals surface area (Å²) in [5, 5.41) is 7.00. The Hall–Kier alpha value is -1.62. The Kier molecular flexibility index (Phi) is 3.81. The smallest absolute Gasteiger partial charge is 0.256 e. The van der Waals surface area contributed by atoms with Gasteiger partial charge in [-0.3, -0.25) is 9.48 Å². The number of nitrogens with one attached hydrogen (secondary N) is 1. The maximum atomic E-state index is 12.0. The highest BCUT2D eigenvalue weighted by atomic mass is 79.9. The van der Waals surface area contributed by atoms with Crippen LogP contribution in [0.2, 0.25) is 0 Å². The summed E-state index contributed by atoms with van der Waals surface area (Å²) >= 11 is 3.36. The number of hydrogen-bond acceptors (Lipinski definition) is 2. The van der Waals surface area contributed by atoms with E-state index >= 15 is 0 Å². The fourth-order valence-corrected chi connectivity index (χ4v) is 1.99. The molecule has 4 nitrogen and oxygen atoms in total. The highest BCUT2D eigenvalue weighted by molar-refractivity contribution is 9.10. The Morgan fingerprint density at radius 3 is 2.72 bits per heavy atom. The summed E-state index contributed by atoms with van der Waals surface area (Å²) in [6, 6.07) is 7.59. The molecule has 1 aromatic carbocycles. The largest absolute Gasteiger partial charge is 0.319 e. The van der Waals surface area contributed by atoms with Crippen LogP contribution in [-0.4, -0.2) is 15.7 Å². The molecule has 0 aliphatic heterocycles. The van der Waals surface area contributed by atoms with Gasteiger partial charge in [-0.05, 0) is 41.9 Å². The van der Waals surface area contributed by atoms with E-state index in [1.807, 2.05) is 38.2 Å². The molecule has 0 bridgehead atoms. The topological polar surface area (TPSA) is 46.9 Å². The first-order valence-corrected chi connectivity index (χ1v) is 6.47. The predicted octanol–water partition coefficient (Wildman–Crippen LogP) is 3.48. The molecule has 0 saturated heterocycles. The van der Waals surface area contributed by atoms with E-state index in [4.69, 9.17) is 0 Å². The Balaban J connectivity index is 2.14. The van der Waals surface area contributed by atoms with E-state index in [0.717, 1.165) is 4.47 Å². The van der Waals surface area contributed by atoms with Crippen LogP contribution in [0, 0.1) is 0 Å². The molecule has 0 aliphatic rings. The van der Waals surface area contributed by atoms with Crippen LogP contribution in [0.4, 0.5) is 5.69 Å². The molecule has 5 heteroatoms. The lowest BCUT2D eigenvalue weighted by Gasteiger charge is -2.05. The van der Waals surface area contributed by atoms with Gasteiger partial charge >= 0.3 is 0 Å². The van der Waals surface area contributed by atoms with E-state index < -0.39 is 0 Å². The van der Waals surface area contributed by atoms with Crippen LogP contribution in [0.15, 0.2) is 41.1 Å². The zero-order chi connectivity index (χ0) is 13.1.